The lowest BCUT2D eigenvalue weighted by molar-refractivity contribution is -0.149. The number of aromatic nitrogens is 2. The maximum absolute atomic E-state index is 15.3. The van der Waals surface area contributed by atoms with E-state index in [0.717, 1.165) is 11.1 Å². The molecule has 2 fully saturated rings. The van der Waals surface area contributed by atoms with E-state index in [1.54, 1.807) is 19.3 Å². The normalized spacial score (nSPS) is 28.1. The Bertz CT molecular complexity index is 3940. The number of amides is 10. The fraction of sp³-hybridized carbons (Fsp3) is 0.471. The smallest absolute Gasteiger partial charge is 0.250 e. The van der Waals surface area contributed by atoms with E-state index in [1.807, 2.05) is 50.3 Å². The molecule has 10 rings (SSSR count). The third-order valence-electron chi connectivity index (χ3n) is 18.9. The summed E-state index contributed by atoms with van der Waals surface area (Å²) in [5.41, 5.74) is 13.1. The number of carbonyl (C=O) groups is 10. The highest BCUT2D eigenvalue weighted by Gasteiger charge is 2.62. The summed E-state index contributed by atoms with van der Waals surface area (Å²) in [6, 6.07) is 6.84. The number of primary amides is 1. The zero-order valence-electron chi connectivity index (χ0n) is 54.3. The van der Waals surface area contributed by atoms with Gasteiger partial charge in [0.15, 0.2) is 0 Å². The Balaban J connectivity index is 0.949. The topological polar surface area (TPSA) is 354 Å². The SMILES string of the molecule is COC1(C)C=CC2(C)C[C@@H]3NC(=O)CNC(=O)[C@@H]4CCCN4C(=O)[C@H](Cc4c[nH]c5ccc(F)cc45)NC(=O)[C@H](Cc4c[nH]c5ccc(F)cc45)NC(=O)[C@@H](C)NC(=O)[C@H](CCCCN)NC(=O)CCSCc4cccc(c4)CSC[C@@H](C(N)=O)NC(=O)[C@]4(C)CC1=C2N4C3=O. The molecule has 24 nitrogen and oxygen atoms in total. The second-order valence-electron chi connectivity index (χ2n) is 26.0. The number of rotatable bonds is 10. The number of allylic oxidation sites excluding steroid dienone is 1. The number of nitrogens with two attached hydrogens (primary N) is 2. The first-order chi connectivity index (χ1) is 45.8. The summed E-state index contributed by atoms with van der Waals surface area (Å²) in [7, 11) is 1.52. The summed E-state index contributed by atoms with van der Waals surface area (Å²) in [5, 5.41) is 20.2. The highest BCUT2D eigenvalue weighted by molar-refractivity contribution is 7.98. The molecule has 10 atom stereocenters. The van der Waals surface area contributed by atoms with Gasteiger partial charge in [-0.3, -0.25) is 52.8 Å². The van der Waals surface area contributed by atoms with Gasteiger partial charge in [0.2, 0.25) is 59.1 Å². The number of benzene rings is 3. The minimum absolute atomic E-state index is 0.00707. The van der Waals surface area contributed by atoms with E-state index in [1.165, 1.54) is 83.8 Å². The van der Waals surface area contributed by atoms with Crippen LogP contribution in [-0.2, 0) is 77.0 Å². The van der Waals surface area contributed by atoms with Gasteiger partial charge in [0.25, 0.3) is 0 Å². The summed E-state index contributed by atoms with van der Waals surface area (Å²) in [6.45, 7) is 6.41. The van der Waals surface area contributed by atoms with Crippen molar-refractivity contribution in [1.29, 1.82) is 0 Å². The van der Waals surface area contributed by atoms with Gasteiger partial charge in [-0.25, -0.2) is 8.78 Å². The van der Waals surface area contributed by atoms with Gasteiger partial charge in [-0.15, -0.1) is 0 Å². The summed E-state index contributed by atoms with van der Waals surface area (Å²) >= 11 is 2.86. The average molecular weight is 1360 g/mol. The number of carbonyl (C=O) groups excluding carboxylic acids is 10. The van der Waals surface area contributed by atoms with Gasteiger partial charge in [-0.1, -0.05) is 43.3 Å². The summed E-state index contributed by atoms with van der Waals surface area (Å²) in [4.78, 5) is 153. The molecule has 2 aromatic heterocycles. The number of nitrogens with one attached hydrogen (secondary N) is 9. The number of nitrogens with zero attached hydrogens (tertiary/aromatic N) is 2. The van der Waals surface area contributed by atoms with Crippen molar-refractivity contribution in [1.82, 2.24) is 57.0 Å². The molecule has 5 aromatic rings. The average Bonchev–Trinajstić information content (AvgIpc) is 1.51. The monoisotopic (exact) mass is 1360 g/mol. The third kappa shape index (κ3) is 15.5. The second kappa shape index (κ2) is 29.8. The van der Waals surface area contributed by atoms with Crippen molar-refractivity contribution < 1.29 is 61.5 Å². The number of aromatic amines is 2. The molecule has 96 heavy (non-hydrogen) atoms. The van der Waals surface area contributed by atoms with Gasteiger partial charge < -0.3 is 68.3 Å². The number of hydrogen-bond acceptors (Lipinski definition) is 14. The van der Waals surface area contributed by atoms with Crippen molar-refractivity contribution in [2.45, 2.75) is 157 Å². The van der Waals surface area contributed by atoms with Crippen LogP contribution in [0.15, 0.2) is 96.5 Å². The standard InChI is InChI=1S/C68H83F2N13O11S2/c1-37-59(87)79-50(25-40-31-73-47-16-14-42(69)27-44(40)47)61(89)80-51(26-41-32-74-48-17-15-43(70)28-45(41)48)63(91)82-22-9-13-54(82)62(90)75-33-56(85)78-52-30-66(2)19-20-68(4,94-5)46-29-67(3,83(57(46)66)64(52)92)65(93)81-53(58(72)86)36-96-35-39-11-8-10-38(24-39)34-95-23-18-55(84)77-49(60(88)76-37)12-6-7-21-71/h8,10-11,14-17,19-20,24,27-28,31-32,37,49-54,73-74H,6-7,9,12-13,18,21-23,25-26,29-30,33-36,71H2,1-5H3,(H2,72,86)(H,75,90)(H,76,88)(H,77,84)(H,78,85)(H,79,87)(H,80,89)(H,81,93)/t37-,49+,50+,51+,52+,53+,54+,66?,67+,68?/m1/s1. The number of thioether (sulfide) groups is 2. The van der Waals surface area contributed by atoms with Crippen molar-refractivity contribution in [3.8, 4) is 0 Å². The minimum atomic E-state index is -1.65. The molecule has 1 aliphatic carbocycles. The van der Waals surface area contributed by atoms with Gasteiger partial charge in [0, 0.05) is 108 Å². The number of methoxy groups -OCH3 is 1. The quantitative estimate of drug-likeness (QED) is 0.0704. The highest BCUT2D eigenvalue weighted by Crippen LogP contribution is 2.57. The van der Waals surface area contributed by atoms with Crippen LogP contribution in [0, 0.1) is 17.0 Å². The van der Waals surface area contributed by atoms with Crippen LogP contribution in [0.25, 0.3) is 21.8 Å². The van der Waals surface area contributed by atoms with Gasteiger partial charge in [0.1, 0.15) is 65.1 Å². The lowest BCUT2D eigenvalue weighted by Gasteiger charge is -2.49. The molecular formula is C68H83F2N13O11S2. The Morgan fingerprint density at radius 1 is 0.719 bits per heavy atom. The van der Waals surface area contributed by atoms with E-state index in [-0.39, 0.29) is 57.2 Å². The third-order valence-corrected chi connectivity index (χ3v) is 21.1. The van der Waals surface area contributed by atoms with E-state index in [4.69, 9.17) is 16.2 Å². The Hall–Kier alpha value is -8.60. The molecule has 0 radical (unpaired) electrons. The number of unbranched alkanes of at least 4 members (excludes halogenated alkanes) is 1. The van der Waals surface area contributed by atoms with Gasteiger partial charge in [-0.2, -0.15) is 23.5 Å². The molecule has 0 spiro atoms. The van der Waals surface area contributed by atoms with Crippen molar-refractivity contribution in [3.63, 3.8) is 0 Å². The first-order valence-electron chi connectivity index (χ1n) is 32.3. The Morgan fingerprint density at radius 2 is 1.36 bits per heavy atom. The maximum Gasteiger partial charge on any atom is 0.250 e. The number of hydrogen-bond donors (Lipinski definition) is 11. The van der Waals surface area contributed by atoms with Crippen LogP contribution < -0.4 is 48.7 Å². The number of halogens is 2. The highest BCUT2D eigenvalue weighted by atomic mass is 32.2. The molecule has 4 bridgehead atoms. The maximum atomic E-state index is 15.3. The molecule has 2 unspecified atom stereocenters. The molecule has 5 aliphatic rings. The van der Waals surface area contributed by atoms with Gasteiger partial charge >= 0.3 is 0 Å². The lowest BCUT2D eigenvalue weighted by atomic mass is 9.69. The predicted molar refractivity (Wildman–Crippen MR) is 359 cm³/mol. The summed E-state index contributed by atoms with van der Waals surface area (Å²) in [6.07, 6.45) is 8.09. The molecule has 28 heteroatoms. The zero-order valence-corrected chi connectivity index (χ0v) is 55.9. The van der Waals surface area contributed by atoms with Crippen LogP contribution in [0.3, 0.4) is 0 Å². The number of ether oxygens (including phenoxy) is 1. The first-order valence-corrected chi connectivity index (χ1v) is 34.6. The van der Waals surface area contributed by atoms with E-state index in [2.05, 4.69) is 47.2 Å². The summed E-state index contributed by atoms with van der Waals surface area (Å²) in [5.74, 6) is -6.85. The van der Waals surface area contributed by atoms with E-state index >= 15 is 14.4 Å². The van der Waals surface area contributed by atoms with Crippen LogP contribution in [0.2, 0.25) is 0 Å². The number of piperidine rings is 1. The molecule has 2 saturated heterocycles. The molecule has 512 valence electrons. The molecule has 4 aliphatic heterocycles. The van der Waals surface area contributed by atoms with Crippen LogP contribution in [0.5, 0.6) is 0 Å². The fourth-order valence-corrected chi connectivity index (χ4v) is 15.5. The van der Waals surface area contributed by atoms with Crippen LogP contribution in [0.4, 0.5) is 8.78 Å². The fourth-order valence-electron chi connectivity index (χ4n) is 13.6. The van der Waals surface area contributed by atoms with E-state index in [9.17, 15) is 42.3 Å². The van der Waals surface area contributed by atoms with Gasteiger partial charge in [-0.05, 0) is 130 Å². The second-order valence-corrected chi connectivity index (χ2v) is 28.1. The number of fused-ring (bicyclic) bond motifs is 6. The van der Waals surface area contributed by atoms with Crippen molar-refractivity contribution in [2.75, 3.05) is 38.2 Å². The number of H-pyrrole nitrogens is 2. The molecule has 3 aromatic carbocycles. The minimum Gasteiger partial charge on any atom is -0.370 e. The van der Waals surface area contributed by atoms with Crippen LogP contribution in [-0.4, -0.2) is 171 Å². The molecular weight excluding hydrogens is 1280 g/mol. The Kier molecular flexibility index (Phi) is 21.8. The van der Waals surface area contributed by atoms with Crippen LogP contribution in [0.1, 0.15) is 101 Å². The predicted octanol–water partition coefficient (Wildman–Crippen LogP) is 3.56. The van der Waals surface area contributed by atoms with Crippen molar-refractivity contribution in [3.05, 3.63) is 130 Å². The van der Waals surface area contributed by atoms with Crippen LogP contribution >= 0.6 is 23.5 Å². The van der Waals surface area contributed by atoms with Gasteiger partial charge in [0.05, 0.1) is 6.54 Å². The molecule has 6 heterocycles. The van der Waals surface area contributed by atoms with Crippen molar-refractivity contribution >= 4 is 104 Å². The van der Waals surface area contributed by atoms with E-state index < -0.39 is 136 Å². The Morgan fingerprint density at radius 3 is 2.02 bits per heavy atom. The van der Waals surface area contributed by atoms with Crippen molar-refractivity contribution in [2.24, 2.45) is 16.9 Å². The lowest BCUT2D eigenvalue weighted by Crippen LogP contribution is -2.66. The summed E-state index contributed by atoms with van der Waals surface area (Å²) < 4.78 is 35.8. The molecule has 10 amide bonds. The van der Waals surface area contributed by atoms with E-state index in [0.29, 0.717) is 87.3 Å². The molecule has 13 N–H and O–H groups in total. The Labute approximate surface area is 562 Å². The largest absolute Gasteiger partial charge is 0.370 e. The first kappa shape index (κ1) is 70.2. The molecule has 0 saturated carbocycles. The zero-order chi connectivity index (χ0) is 68.8.